The zero-order valence-corrected chi connectivity index (χ0v) is 17.2. The Bertz CT molecular complexity index is 572. The van der Waals surface area contributed by atoms with Crippen LogP contribution in [-0.2, 0) is 13.6 Å². The maximum absolute atomic E-state index is 4.79. The molecule has 6 nitrogen and oxygen atoms in total. The minimum atomic E-state index is 0.307. The van der Waals surface area contributed by atoms with Gasteiger partial charge in [0.05, 0.1) is 12.2 Å². The predicted molar refractivity (Wildman–Crippen MR) is 111 cm³/mol. The lowest BCUT2D eigenvalue weighted by Crippen LogP contribution is -2.59. The Labute approximate surface area is 162 Å². The molecule has 7 heteroatoms. The van der Waals surface area contributed by atoms with Crippen molar-refractivity contribution in [1.82, 2.24) is 25.3 Å². The molecule has 0 spiro atoms. The molecule has 0 radical (unpaired) electrons. The van der Waals surface area contributed by atoms with Gasteiger partial charge in [-0.25, -0.2) is 4.99 Å². The van der Waals surface area contributed by atoms with Gasteiger partial charge in [0.2, 0.25) is 0 Å². The summed E-state index contributed by atoms with van der Waals surface area (Å²) in [5.41, 5.74) is 1.43. The molecular weight excluding hydrogens is 344 g/mol. The molecule has 0 unspecified atom stereocenters. The van der Waals surface area contributed by atoms with E-state index in [-0.39, 0.29) is 0 Å². The highest BCUT2D eigenvalue weighted by Crippen LogP contribution is 2.34. The number of guanidine groups is 1. The third-order valence-corrected chi connectivity index (χ3v) is 6.66. The number of aliphatic imine (C=N–C) groups is 1. The van der Waals surface area contributed by atoms with Crippen LogP contribution in [0.3, 0.4) is 0 Å². The summed E-state index contributed by atoms with van der Waals surface area (Å²) in [7, 11) is 1.97. The van der Waals surface area contributed by atoms with E-state index in [0.29, 0.717) is 12.1 Å². The molecule has 0 atom stereocenters. The number of nitrogens with zero attached hydrogens (tertiary/aromatic N) is 4. The van der Waals surface area contributed by atoms with E-state index < -0.39 is 0 Å². The molecule has 0 amide bonds. The summed E-state index contributed by atoms with van der Waals surface area (Å²) in [6.45, 7) is 7.11. The topological polar surface area (TPSA) is 57.5 Å². The van der Waals surface area contributed by atoms with Gasteiger partial charge in [0.1, 0.15) is 0 Å². The Morgan fingerprint density at radius 1 is 1.23 bits per heavy atom. The standard InChI is InChI=1S/C19H34N6S/c1-3-20-18(21-15-17-7-10-23-24(17)2)22-16-19(8-5-4-6-9-19)25-11-13-26-14-12-25/h7,10H,3-6,8-9,11-16H2,1-2H3,(H2,20,21,22). The fraction of sp³-hybridized carbons (Fsp3) is 0.789. The van der Waals surface area contributed by atoms with Gasteiger partial charge < -0.3 is 10.6 Å². The average Bonchev–Trinajstić information content (AvgIpc) is 3.10. The van der Waals surface area contributed by atoms with Crippen LogP contribution in [0.1, 0.15) is 44.7 Å². The van der Waals surface area contributed by atoms with Crippen molar-refractivity contribution in [3.05, 3.63) is 18.0 Å². The second-order valence-corrected chi connectivity index (χ2v) is 8.60. The fourth-order valence-corrected chi connectivity index (χ4v) is 5.06. The predicted octanol–water partition coefficient (Wildman–Crippen LogP) is 2.23. The van der Waals surface area contributed by atoms with E-state index in [1.807, 2.05) is 24.0 Å². The quantitative estimate of drug-likeness (QED) is 0.587. The van der Waals surface area contributed by atoms with E-state index in [1.54, 1.807) is 0 Å². The third kappa shape index (κ3) is 4.94. The van der Waals surface area contributed by atoms with E-state index in [1.165, 1.54) is 56.7 Å². The molecule has 1 aromatic rings. The minimum absolute atomic E-state index is 0.307. The summed E-state index contributed by atoms with van der Waals surface area (Å²) in [5, 5.41) is 11.3. The van der Waals surface area contributed by atoms with Crippen molar-refractivity contribution < 1.29 is 0 Å². The van der Waals surface area contributed by atoms with Crippen LogP contribution in [0.2, 0.25) is 0 Å². The second-order valence-electron chi connectivity index (χ2n) is 7.38. The number of thioether (sulfide) groups is 1. The SMILES string of the molecule is CCNC(=NCc1ccnn1C)NCC1(N2CCSCC2)CCCCC1. The lowest BCUT2D eigenvalue weighted by Gasteiger charge is -2.48. The molecule has 1 aromatic heterocycles. The Morgan fingerprint density at radius 3 is 2.65 bits per heavy atom. The first-order chi connectivity index (χ1) is 12.7. The van der Waals surface area contributed by atoms with Gasteiger partial charge in [-0.15, -0.1) is 0 Å². The van der Waals surface area contributed by atoms with Gasteiger partial charge in [0.25, 0.3) is 0 Å². The van der Waals surface area contributed by atoms with Gasteiger partial charge >= 0.3 is 0 Å². The second kappa shape index (κ2) is 9.65. The molecule has 0 aromatic carbocycles. The lowest BCUT2D eigenvalue weighted by atomic mass is 9.80. The van der Waals surface area contributed by atoms with Crippen molar-refractivity contribution in [1.29, 1.82) is 0 Å². The van der Waals surface area contributed by atoms with Gasteiger partial charge in [-0.2, -0.15) is 16.9 Å². The molecule has 1 saturated carbocycles. The molecule has 0 bridgehead atoms. The van der Waals surface area contributed by atoms with Gasteiger partial charge in [0.15, 0.2) is 5.96 Å². The largest absolute Gasteiger partial charge is 0.357 e. The zero-order valence-electron chi connectivity index (χ0n) is 16.3. The van der Waals surface area contributed by atoms with Crippen LogP contribution in [0.25, 0.3) is 0 Å². The van der Waals surface area contributed by atoms with Crippen LogP contribution in [-0.4, -0.2) is 63.9 Å². The third-order valence-electron chi connectivity index (χ3n) is 5.72. The maximum Gasteiger partial charge on any atom is 0.191 e. The van der Waals surface area contributed by atoms with Crippen molar-refractivity contribution in [3.8, 4) is 0 Å². The van der Waals surface area contributed by atoms with Crippen LogP contribution in [0.4, 0.5) is 0 Å². The molecule has 146 valence electrons. The molecule has 1 saturated heterocycles. The number of nitrogens with one attached hydrogen (secondary N) is 2. The average molecular weight is 379 g/mol. The van der Waals surface area contributed by atoms with Crippen molar-refractivity contribution in [2.75, 3.05) is 37.7 Å². The smallest absolute Gasteiger partial charge is 0.191 e. The van der Waals surface area contributed by atoms with Crippen LogP contribution in [0, 0.1) is 0 Å². The molecule has 2 fully saturated rings. The number of aryl methyl sites for hydroxylation is 1. The summed E-state index contributed by atoms with van der Waals surface area (Å²) in [4.78, 5) is 7.55. The molecule has 3 rings (SSSR count). The molecule has 2 heterocycles. The van der Waals surface area contributed by atoms with Gasteiger partial charge in [-0.3, -0.25) is 9.58 Å². The Balaban J connectivity index is 1.65. The van der Waals surface area contributed by atoms with Crippen molar-refractivity contribution >= 4 is 17.7 Å². The first-order valence-electron chi connectivity index (χ1n) is 10.1. The molecule has 26 heavy (non-hydrogen) atoms. The number of aromatic nitrogens is 2. The molecule has 2 N–H and O–H groups in total. The number of rotatable bonds is 6. The highest BCUT2D eigenvalue weighted by atomic mass is 32.2. The Morgan fingerprint density at radius 2 is 2.00 bits per heavy atom. The molecule has 2 aliphatic rings. The number of hydrogen-bond acceptors (Lipinski definition) is 4. The van der Waals surface area contributed by atoms with Crippen LogP contribution >= 0.6 is 11.8 Å². The first kappa shape index (κ1) is 19.5. The van der Waals surface area contributed by atoms with E-state index in [0.717, 1.165) is 24.7 Å². The van der Waals surface area contributed by atoms with E-state index in [4.69, 9.17) is 4.99 Å². The van der Waals surface area contributed by atoms with Gasteiger partial charge in [-0.1, -0.05) is 19.3 Å². The Hall–Kier alpha value is -1.21. The summed E-state index contributed by atoms with van der Waals surface area (Å²) in [6.07, 6.45) is 8.55. The van der Waals surface area contributed by atoms with Gasteiger partial charge in [-0.05, 0) is 25.8 Å². The Kier molecular flexibility index (Phi) is 7.25. The summed E-state index contributed by atoms with van der Waals surface area (Å²) < 4.78 is 1.89. The highest BCUT2D eigenvalue weighted by Gasteiger charge is 2.38. The fourth-order valence-electron chi connectivity index (χ4n) is 4.16. The molecular formula is C19H34N6S. The summed E-state index contributed by atoms with van der Waals surface area (Å²) in [5.74, 6) is 3.47. The van der Waals surface area contributed by atoms with Crippen molar-refractivity contribution in [2.45, 2.75) is 51.1 Å². The first-order valence-corrected chi connectivity index (χ1v) is 11.2. The molecule has 1 aliphatic heterocycles. The lowest BCUT2D eigenvalue weighted by molar-refractivity contribution is 0.0626. The van der Waals surface area contributed by atoms with E-state index >= 15 is 0 Å². The van der Waals surface area contributed by atoms with Crippen molar-refractivity contribution in [2.24, 2.45) is 12.0 Å². The van der Waals surface area contributed by atoms with Crippen LogP contribution in [0.5, 0.6) is 0 Å². The summed E-state index contributed by atoms with van der Waals surface area (Å²) in [6, 6.07) is 2.03. The van der Waals surface area contributed by atoms with E-state index in [2.05, 4.69) is 39.3 Å². The normalized spacial score (nSPS) is 21.5. The molecule has 1 aliphatic carbocycles. The van der Waals surface area contributed by atoms with Crippen LogP contribution < -0.4 is 10.6 Å². The monoisotopic (exact) mass is 378 g/mol. The summed E-state index contributed by atoms with van der Waals surface area (Å²) >= 11 is 2.10. The maximum atomic E-state index is 4.79. The van der Waals surface area contributed by atoms with Crippen LogP contribution in [0.15, 0.2) is 17.3 Å². The zero-order chi connectivity index (χ0) is 18.2. The van der Waals surface area contributed by atoms with Gasteiger partial charge in [0, 0.05) is 56.5 Å². The number of hydrogen-bond donors (Lipinski definition) is 2. The highest BCUT2D eigenvalue weighted by molar-refractivity contribution is 7.99. The minimum Gasteiger partial charge on any atom is -0.357 e. The van der Waals surface area contributed by atoms with Crippen molar-refractivity contribution in [3.63, 3.8) is 0 Å². The van der Waals surface area contributed by atoms with E-state index in [9.17, 15) is 0 Å².